The van der Waals surface area contributed by atoms with Crippen molar-refractivity contribution in [2.75, 3.05) is 25.0 Å². The molecule has 1 aliphatic heterocycles. The van der Waals surface area contributed by atoms with Gasteiger partial charge in [-0.3, -0.25) is 9.59 Å². The summed E-state index contributed by atoms with van der Waals surface area (Å²) in [5.74, 6) is -0.927. The number of aryl methyl sites for hydroxylation is 1. The summed E-state index contributed by atoms with van der Waals surface area (Å²) in [7, 11) is 0. The molecular formula is C19H25N3O4. The molecule has 1 saturated heterocycles. The Balaban J connectivity index is 1.64. The van der Waals surface area contributed by atoms with Crippen LogP contribution in [0.4, 0.5) is 10.5 Å². The quantitative estimate of drug-likeness (QED) is 0.752. The van der Waals surface area contributed by atoms with Gasteiger partial charge in [-0.05, 0) is 56.2 Å². The van der Waals surface area contributed by atoms with Gasteiger partial charge in [-0.25, -0.2) is 4.79 Å². The first-order valence-corrected chi connectivity index (χ1v) is 9.11. The number of amides is 3. The van der Waals surface area contributed by atoms with Gasteiger partial charge in [0.1, 0.15) is 0 Å². The van der Waals surface area contributed by atoms with Crippen molar-refractivity contribution in [1.82, 2.24) is 10.2 Å². The van der Waals surface area contributed by atoms with Gasteiger partial charge >= 0.3 is 12.0 Å². The summed E-state index contributed by atoms with van der Waals surface area (Å²) < 4.78 is 0. The first-order valence-electron chi connectivity index (χ1n) is 9.11. The second-order valence-electron chi connectivity index (χ2n) is 7.24. The van der Waals surface area contributed by atoms with Crippen LogP contribution in [-0.2, 0) is 4.79 Å². The highest BCUT2D eigenvalue weighted by atomic mass is 16.4. The number of benzene rings is 1. The number of carbonyl (C=O) groups is 3. The Morgan fingerprint density at radius 1 is 1.23 bits per heavy atom. The SMILES string of the molecule is Cc1ccc(C(=O)NCC2CC2)cc1NC(=O)N1CCCC(C(=O)O)C1. The molecule has 1 aromatic carbocycles. The van der Waals surface area contributed by atoms with Gasteiger partial charge in [-0.15, -0.1) is 0 Å². The van der Waals surface area contributed by atoms with Gasteiger partial charge in [-0.1, -0.05) is 6.07 Å². The van der Waals surface area contributed by atoms with E-state index in [2.05, 4.69) is 10.6 Å². The second kappa shape index (κ2) is 7.76. The molecule has 1 aliphatic carbocycles. The van der Waals surface area contributed by atoms with Gasteiger partial charge in [-0.2, -0.15) is 0 Å². The number of piperidine rings is 1. The molecule has 1 atom stereocenters. The fourth-order valence-electron chi connectivity index (χ4n) is 3.12. The van der Waals surface area contributed by atoms with E-state index in [4.69, 9.17) is 5.11 Å². The van der Waals surface area contributed by atoms with Crippen molar-refractivity contribution in [2.45, 2.75) is 32.6 Å². The summed E-state index contributed by atoms with van der Waals surface area (Å²) in [6.07, 6.45) is 3.60. The summed E-state index contributed by atoms with van der Waals surface area (Å²) in [5.41, 5.74) is 1.93. The second-order valence-corrected chi connectivity index (χ2v) is 7.24. The van der Waals surface area contributed by atoms with Crippen LogP contribution in [0.3, 0.4) is 0 Å². The predicted octanol–water partition coefficient (Wildman–Crippen LogP) is 2.46. The average Bonchev–Trinajstić information content (AvgIpc) is 3.46. The number of carboxylic acids is 1. The van der Waals surface area contributed by atoms with Crippen LogP contribution in [0.5, 0.6) is 0 Å². The van der Waals surface area contributed by atoms with Crippen molar-refractivity contribution in [3.05, 3.63) is 29.3 Å². The number of carbonyl (C=O) groups excluding carboxylic acids is 2. The molecule has 140 valence electrons. The van der Waals surface area contributed by atoms with E-state index in [1.54, 1.807) is 18.2 Å². The van der Waals surface area contributed by atoms with Crippen molar-refractivity contribution >= 4 is 23.6 Å². The summed E-state index contributed by atoms with van der Waals surface area (Å²) in [5, 5.41) is 14.9. The fourth-order valence-corrected chi connectivity index (χ4v) is 3.12. The lowest BCUT2D eigenvalue weighted by Crippen LogP contribution is -2.44. The maximum Gasteiger partial charge on any atom is 0.321 e. The number of anilines is 1. The molecule has 0 spiro atoms. The third kappa shape index (κ3) is 4.53. The molecule has 0 aromatic heterocycles. The molecule has 3 N–H and O–H groups in total. The van der Waals surface area contributed by atoms with Crippen molar-refractivity contribution in [2.24, 2.45) is 11.8 Å². The number of nitrogens with zero attached hydrogens (tertiary/aromatic N) is 1. The smallest absolute Gasteiger partial charge is 0.321 e. The average molecular weight is 359 g/mol. The van der Waals surface area contributed by atoms with Crippen LogP contribution in [-0.4, -0.2) is 47.5 Å². The molecule has 0 bridgehead atoms. The molecule has 7 heteroatoms. The molecule has 1 aromatic rings. The summed E-state index contributed by atoms with van der Waals surface area (Å²) in [6, 6.07) is 4.90. The van der Waals surface area contributed by atoms with Crippen LogP contribution in [0.15, 0.2) is 18.2 Å². The Morgan fingerprint density at radius 3 is 2.69 bits per heavy atom. The van der Waals surface area contributed by atoms with Gasteiger partial charge in [0.15, 0.2) is 0 Å². The van der Waals surface area contributed by atoms with E-state index in [0.29, 0.717) is 43.1 Å². The summed E-state index contributed by atoms with van der Waals surface area (Å²) in [6.45, 7) is 3.30. The molecule has 1 saturated carbocycles. The molecule has 1 heterocycles. The summed E-state index contributed by atoms with van der Waals surface area (Å²) >= 11 is 0. The van der Waals surface area contributed by atoms with Crippen LogP contribution in [0.25, 0.3) is 0 Å². The van der Waals surface area contributed by atoms with Crippen molar-refractivity contribution < 1.29 is 19.5 Å². The van der Waals surface area contributed by atoms with E-state index in [-0.39, 0.29) is 18.5 Å². The van der Waals surface area contributed by atoms with E-state index >= 15 is 0 Å². The third-order valence-electron chi connectivity index (χ3n) is 5.05. The van der Waals surface area contributed by atoms with Gasteiger partial charge < -0.3 is 20.6 Å². The zero-order chi connectivity index (χ0) is 18.7. The molecule has 1 unspecified atom stereocenters. The van der Waals surface area contributed by atoms with E-state index in [0.717, 1.165) is 5.56 Å². The molecule has 7 nitrogen and oxygen atoms in total. The number of rotatable bonds is 5. The summed E-state index contributed by atoms with van der Waals surface area (Å²) in [4.78, 5) is 37.5. The number of aliphatic carboxylic acids is 1. The Hall–Kier alpha value is -2.57. The minimum absolute atomic E-state index is 0.142. The zero-order valence-electron chi connectivity index (χ0n) is 15.0. The van der Waals surface area contributed by atoms with Gasteiger partial charge in [0.05, 0.1) is 5.92 Å². The number of likely N-dealkylation sites (tertiary alicyclic amines) is 1. The van der Waals surface area contributed by atoms with Gasteiger partial charge in [0.2, 0.25) is 0 Å². The third-order valence-corrected chi connectivity index (χ3v) is 5.05. The molecule has 3 amide bonds. The highest BCUT2D eigenvalue weighted by molar-refractivity contribution is 5.97. The van der Waals surface area contributed by atoms with Crippen LogP contribution < -0.4 is 10.6 Å². The van der Waals surface area contributed by atoms with E-state index < -0.39 is 11.9 Å². The largest absolute Gasteiger partial charge is 0.481 e. The Morgan fingerprint density at radius 2 is 2.00 bits per heavy atom. The first-order chi connectivity index (χ1) is 12.4. The van der Waals surface area contributed by atoms with E-state index in [1.807, 2.05) is 6.92 Å². The van der Waals surface area contributed by atoms with E-state index in [9.17, 15) is 14.4 Å². The molecule has 3 rings (SSSR count). The standard InChI is InChI=1S/C19H25N3O4/c1-12-4-7-14(17(23)20-10-13-5-6-13)9-16(12)21-19(26)22-8-2-3-15(11-22)18(24)25/h4,7,9,13,15H,2-3,5-6,8,10-11H2,1H3,(H,20,23)(H,21,26)(H,24,25). The minimum atomic E-state index is -0.868. The van der Waals surface area contributed by atoms with Crippen molar-refractivity contribution in [3.8, 4) is 0 Å². The van der Waals surface area contributed by atoms with Gasteiger partial charge in [0, 0.05) is 30.9 Å². The number of urea groups is 1. The molecule has 2 fully saturated rings. The van der Waals surface area contributed by atoms with Crippen LogP contribution in [0.1, 0.15) is 41.6 Å². The Kier molecular flexibility index (Phi) is 5.44. The fraction of sp³-hybridized carbons (Fsp3) is 0.526. The van der Waals surface area contributed by atoms with Crippen LogP contribution >= 0.6 is 0 Å². The molecule has 2 aliphatic rings. The lowest BCUT2D eigenvalue weighted by molar-refractivity contribution is -0.143. The maximum absolute atomic E-state index is 12.5. The van der Waals surface area contributed by atoms with Gasteiger partial charge in [0.25, 0.3) is 5.91 Å². The number of carboxylic acid groups (broad SMARTS) is 1. The predicted molar refractivity (Wildman–Crippen MR) is 97.2 cm³/mol. The highest BCUT2D eigenvalue weighted by Gasteiger charge is 2.28. The highest BCUT2D eigenvalue weighted by Crippen LogP contribution is 2.27. The molecule has 26 heavy (non-hydrogen) atoms. The lowest BCUT2D eigenvalue weighted by Gasteiger charge is -2.31. The van der Waals surface area contributed by atoms with E-state index in [1.165, 1.54) is 17.7 Å². The van der Waals surface area contributed by atoms with Crippen molar-refractivity contribution in [1.29, 1.82) is 0 Å². The monoisotopic (exact) mass is 359 g/mol. The first kappa shape index (κ1) is 18.2. The normalized spacial score (nSPS) is 19.7. The maximum atomic E-state index is 12.5. The number of nitrogens with one attached hydrogen (secondary N) is 2. The number of hydrogen-bond donors (Lipinski definition) is 3. The van der Waals surface area contributed by atoms with Crippen molar-refractivity contribution in [3.63, 3.8) is 0 Å². The topological polar surface area (TPSA) is 98.7 Å². The molecular weight excluding hydrogens is 334 g/mol. The Labute approximate surface area is 152 Å². The number of hydrogen-bond acceptors (Lipinski definition) is 3. The van der Waals surface area contributed by atoms with Crippen LogP contribution in [0.2, 0.25) is 0 Å². The Bertz CT molecular complexity index is 715. The molecule has 0 radical (unpaired) electrons. The van der Waals surface area contributed by atoms with Crippen LogP contribution in [0, 0.1) is 18.8 Å². The minimum Gasteiger partial charge on any atom is -0.481 e. The lowest BCUT2D eigenvalue weighted by atomic mass is 9.99. The zero-order valence-corrected chi connectivity index (χ0v) is 15.0.